The van der Waals surface area contributed by atoms with Crippen molar-refractivity contribution in [3.63, 3.8) is 0 Å². The maximum absolute atomic E-state index is 12.7. The van der Waals surface area contributed by atoms with E-state index in [9.17, 15) is 18.0 Å². The van der Waals surface area contributed by atoms with E-state index in [2.05, 4.69) is 0 Å². The van der Waals surface area contributed by atoms with Crippen LogP contribution < -0.4 is 0 Å². The van der Waals surface area contributed by atoms with E-state index in [-0.39, 0.29) is 12.0 Å². The van der Waals surface area contributed by atoms with Crippen molar-refractivity contribution in [2.75, 3.05) is 6.54 Å². The highest BCUT2D eigenvalue weighted by Gasteiger charge is 2.32. The van der Waals surface area contributed by atoms with Crippen molar-refractivity contribution in [1.82, 2.24) is 4.90 Å². The lowest BCUT2D eigenvalue weighted by atomic mass is 9.91. The van der Waals surface area contributed by atoms with E-state index in [4.69, 9.17) is 5.11 Å². The number of carboxylic acids is 1. The standard InChI is InChI=1S/C15H18F3NO2/c1-10-7-12(14(20)21)5-6-19(10)9-11-3-2-4-13(8-11)15(16,17)18/h2-4,8,10,12H,5-7,9H2,1H3,(H,20,21). The van der Waals surface area contributed by atoms with Gasteiger partial charge in [0.15, 0.2) is 0 Å². The van der Waals surface area contributed by atoms with Gasteiger partial charge in [-0.15, -0.1) is 0 Å². The highest BCUT2D eigenvalue weighted by molar-refractivity contribution is 5.70. The molecule has 1 saturated heterocycles. The normalized spacial score (nSPS) is 24.0. The number of hydrogen-bond acceptors (Lipinski definition) is 2. The van der Waals surface area contributed by atoms with Gasteiger partial charge in [0.05, 0.1) is 11.5 Å². The number of carboxylic acid groups (broad SMARTS) is 1. The molecule has 2 rings (SSSR count). The Morgan fingerprint density at radius 2 is 2.14 bits per heavy atom. The Morgan fingerprint density at radius 3 is 2.71 bits per heavy atom. The topological polar surface area (TPSA) is 40.5 Å². The molecule has 2 atom stereocenters. The molecule has 1 aliphatic heterocycles. The Labute approximate surface area is 121 Å². The molecule has 0 bridgehead atoms. The smallest absolute Gasteiger partial charge is 0.416 e. The summed E-state index contributed by atoms with van der Waals surface area (Å²) in [5.74, 6) is -1.14. The fourth-order valence-corrected chi connectivity index (χ4v) is 2.76. The summed E-state index contributed by atoms with van der Waals surface area (Å²) in [6, 6.07) is 5.35. The lowest BCUT2D eigenvalue weighted by Crippen LogP contribution is -2.42. The average molecular weight is 301 g/mol. The van der Waals surface area contributed by atoms with Crippen molar-refractivity contribution in [3.05, 3.63) is 35.4 Å². The van der Waals surface area contributed by atoms with Gasteiger partial charge >= 0.3 is 12.1 Å². The van der Waals surface area contributed by atoms with Crippen LogP contribution in [0.1, 0.15) is 30.9 Å². The van der Waals surface area contributed by atoms with Gasteiger partial charge in [0.1, 0.15) is 0 Å². The molecule has 1 aromatic rings. The molecule has 1 N–H and O–H groups in total. The maximum atomic E-state index is 12.7. The fraction of sp³-hybridized carbons (Fsp3) is 0.533. The number of likely N-dealkylation sites (tertiary alicyclic amines) is 1. The second-order valence-electron chi connectivity index (χ2n) is 5.58. The Morgan fingerprint density at radius 1 is 1.43 bits per heavy atom. The second kappa shape index (κ2) is 6.05. The molecule has 1 heterocycles. The Balaban J connectivity index is 2.04. The zero-order valence-corrected chi connectivity index (χ0v) is 11.7. The molecule has 0 aromatic heterocycles. The minimum Gasteiger partial charge on any atom is -0.481 e. The van der Waals surface area contributed by atoms with Gasteiger partial charge in [0, 0.05) is 12.6 Å². The molecule has 6 heteroatoms. The predicted octanol–water partition coefficient (Wildman–Crippen LogP) is 3.39. The SMILES string of the molecule is CC1CC(C(=O)O)CCN1Cc1cccc(C(F)(F)F)c1. The predicted molar refractivity (Wildman–Crippen MR) is 71.7 cm³/mol. The average Bonchev–Trinajstić information content (AvgIpc) is 2.40. The summed E-state index contributed by atoms with van der Waals surface area (Å²) in [4.78, 5) is 13.0. The third kappa shape index (κ3) is 3.97. The van der Waals surface area contributed by atoms with Crippen molar-refractivity contribution in [2.45, 2.75) is 38.5 Å². The molecular weight excluding hydrogens is 283 g/mol. The molecule has 0 saturated carbocycles. The molecule has 2 unspecified atom stereocenters. The largest absolute Gasteiger partial charge is 0.481 e. The van der Waals surface area contributed by atoms with E-state index < -0.39 is 17.7 Å². The Kier molecular flexibility index (Phi) is 4.56. The summed E-state index contributed by atoms with van der Waals surface area (Å²) in [7, 11) is 0. The molecule has 0 radical (unpaired) electrons. The first-order valence-corrected chi connectivity index (χ1v) is 6.90. The van der Waals surface area contributed by atoms with Crippen LogP contribution in [0.5, 0.6) is 0 Å². The molecule has 116 valence electrons. The van der Waals surface area contributed by atoms with Gasteiger partial charge in [-0.05, 0) is 37.9 Å². The number of nitrogens with zero attached hydrogens (tertiary/aromatic N) is 1. The van der Waals surface area contributed by atoms with Crippen LogP contribution in [0.4, 0.5) is 13.2 Å². The summed E-state index contributed by atoms with van der Waals surface area (Å²) in [5, 5.41) is 9.01. The van der Waals surface area contributed by atoms with Crippen molar-refractivity contribution in [2.24, 2.45) is 5.92 Å². The van der Waals surface area contributed by atoms with Crippen LogP contribution in [-0.4, -0.2) is 28.6 Å². The molecule has 21 heavy (non-hydrogen) atoms. The third-order valence-electron chi connectivity index (χ3n) is 4.00. The number of rotatable bonds is 3. The first-order chi connectivity index (χ1) is 9.77. The molecule has 1 aliphatic rings. The van der Waals surface area contributed by atoms with Gasteiger partial charge in [0.25, 0.3) is 0 Å². The number of benzene rings is 1. The lowest BCUT2D eigenvalue weighted by Gasteiger charge is -2.36. The van der Waals surface area contributed by atoms with E-state index in [1.165, 1.54) is 6.07 Å². The summed E-state index contributed by atoms with van der Waals surface area (Å²) in [6.07, 6.45) is -3.26. The first-order valence-electron chi connectivity index (χ1n) is 6.90. The Hall–Kier alpha value is -1.56. The van der Waals surface area contributed by atoms with Crippen LogP contribution in [0.2, 0.25) is 0 Å². The monoisotopic (exact) mass is 301 g/mol. The highest BCUT2D eigenvalue weighted by Crippen LogP contribution is 2.30. The number of hydrogen-bond donors (Lipinski definition) is 1. The quantitative estimate of drug-likeness (QED) is 0.930. The zero-order valence-electron chi connectivity index (χ0n) is 11.7. The molecule has 1 aromatic carbocycles. The summed E-state index contributed by atoms with van der Waals surface area (Å²) >= 11 is 0. The van der Waals surface area contributed by atoms with Gasteiger partial charge in [-0.2, -0.15) is 13.2 Å². The number of aliphatic carboxylic acids is 1. The molecule has 0 spiro atoms. The van der Waals surface area contributed by atoms with Crippen molar-refractivity contribution in [1.29, 1.82) is 0 Å². The van der Waals surface area contributed by atoms with Gasteiger partial charge in [-0.3, -0.25) is 9.69 Å². The zero-order chi connectivity index (χ0) is 15.6. The number of piperidine rings is 1. The van der Waals surface area contributed by atoms with Crippen LogP contribution in [0.3, 0.4) is 0 Å². The lowest BCUT2D eigenvalue weighted by molar-refractivity contribution is -0.144. The van der Waals surface area contributed by atoms with Crippen molar-refractivity contribution >= 4 is 5.97 Å². The third-order valence-corrected chi connectivity index (χ3v) is 4.00. The molecular formula is C15H18F3NO2. The van der Waals surface area contributed by atoms with Gasteiger partial charge < -0.3 is 5.11 Å². The first kappa shape index (κ1) is 15.8. The summed E-state index contributed by atoms with van der Waals surface area (Å²) in [5.41, 5.74) is -0.0430. The summed E-state index contributed by atoms with van der Waals surface area (Å²) in [6.45, 7) is 2.93. The van der Waals surface area contributed by atoms with Crippen LogP contribution in [-0.2, 0) is 17.5 Å². The van der Waals surface area contributed by atoms with E-state index in [1.807, 2.05) is 11.8 Å². The van der Waals surface area contributed by atoms with Crippen molar-refractivity contribution < 1.29 is 23.1 Å². The Bertz CT molecular complexity index is 516. The fourth-order valence-electron chi connectivity index (χ4n) is 2.76. The van der Waals surface area contributed by atoms with E-state index in [0.29, 0.717) is 31.5 Å². The number of halogens is 3. The van der Waals surface area contributed by atoms with E-state index in [0.717, 1.165) is 12.1 Å². The summed E-state index contributed by atoms with van der Waals surface area (Å²) < 4.78 is 38.1. The minimum atomic E-state index is -4.34. The van der Waals surface area contributed by atoms with E-state index >= 15 is 0 Å². The molecule has 0 amide bonds. The minimum absolute atomic E-state index is 0.0504. The second-order valence-corrected chi connectivity index (χ2v) is 5.58. The van der Waals surface area contributed by atoms with Crippen molar-refractivity contribution in [3.8, 4) is 0 Å². The van der Waals surface area contributed by atoms with Crippen LogP contribution >= 0.6 is 0 Å². The van der Waals surface area contributed by atoms with Crippen LogP contribution in [0, 0.1) is 5.92 Å². The van der Waals surface area contributed by atoms with E-state index in [1.54, 1.807) is 6.07 Å². The maximum Gasteiger partial charge on any atom is 0.416 e. The van der Waals surface area contributed by atoms with Gasteiger partial charge in [0.2, 0.25) is 0 Å². The highest BCUT2D eigenvalue weighted by atomic mass is 19.4. The number of alkyl halides is 3. The van der Waals surface area contributed by atoms with Gasteiger partial charge in [-0.25, -0.2) is 0 Å². The van der Waals surface area contributed by atoms with Crippen LogP contribution in [0.25, 0.3) is 0 Å². The molecule has 1 fully saturated rings. The number of carbonyl (C=O) groups is 1. The molecule has 0 aliphatic carbocycles. The molecule has 3 nitrogen and oxygen atoms in total. The van der Waals surface area contributed by atoms with Crippen LogP contribution in [0.15, 0.2) is 24.3 Å². The van der Waals surface area contributed by atoms with Gasteiger partial charge in [-0.1, -0.05) is 18.2 Å².